The molecule has 20 heavy (non-hydrogen) atoms. The Labute approximate surface area is 137 Å². The smallest absolute Gasteiger partial charge is 0.243 e. The predicted molar refractivity (Wildman–Crippen MR) is 84.4 cm³/mol. The highest BCUT2D eigenvalue weighted by atomic mass is 35.5. The highest BCUT2D eigenvalue weighted by Gasteiger charge is 2.14. The second-order valence-electron chi connectivity index (χ2n) is 3.85. The van der Waals surface area contributed by atoms with Crippen molar-refractivity contribution in [3.8, 4) is 5.75 Å². The Morgan fingerprint density at radius 1 is 1.20 bits per heavy atom. The van der Waals surface area contributed by atoms with E-state index in [0.717, 1.165) is 12.8 Å². The van der Waals surface area contributed by atoms with Gasteiger partial charge in [0.25, 0.3) is 0 Å². The molecule has 0 aliphatic carbocycles. The van der Waals surface area contributed by atoms with E-state index in [1.165, 1.54) is 12.1 Å². The van der Waals surface area contributed by atoms with E-state index in [-0.39, 0.29) is 21.0 Å². The molecule has 1 amide bonds. The summed E-state index contributed by atoms with van der Waals surface area (Å²) in [5.41, 5.74) is 0. The van der Waals surface area contributed by atoms with E-state index in [4.69, 9.17) is 51.1 Å². The van der Waals surface area contributed by atoms with Gasteiger partial charge in [0.1, 0.15) is 5.02 Å². The first-order valence-corrected chi connectivity index (χ1v) is 7.34. The Morgan fingerprint density at radius 2 is 1.90 bits per heavy atom. The monoisotopic (exact) mass is 355 g/mol. The summed E-state index contributed by atoms with van der Waals surface area (Å²) in [6.07, 6.45) is 2.71. The molecule has 110 valence electrons. The third-order valence-electron chi connectivity index (χ3n) is 2.37. The van der Waals surface area contributed by atoms with Crippen LogP contribution in [-0.2, 0) is 4.79 Å². The molecule has 0 aromatic heterocycles. The van der Waals surface area contributed by atoms with Gasteiger partial charge in [-0.1, -0.05) is 53.0 Å². The summed E-state index contributed by atoms with van der Waals surface area (Å²) in [5.74, 6) is 0.124. The van der Waals surface area contributed by atoms with Crippen molar-refractivity contribution in [1.82, 2.24) is 5.32 Å². The van der Waals surface area contributed by atoms with Gasteiger partial charge in [-0.05, 0) is 25.0 Å². The zero-order chi connectivity index (χ0) is 15.1. The number of hydrogen-bond acceptors (Lipinski definition) is 2. The number of carbonyl (C=O) groups excluding carboxylic acids is 1. The molecular weight excluding hydrogens is 344 g/mol. The van der Waals surface area contributed by atoms with Crippen LogP contribution in [0.4, 0.5) is 0 Å². The normalized spacial score (nSPS) is 10.2. The maximum absolute atomic E-state index is 10.9. The average Bonchev–Trinajstić information content (AvgIpc) is 2.42. The summed E-state index contributed by atoms with van der Waals surface area (Å²) >= 11 is 23.7. The lowest BCUT2D eigenvalue weighted by Crippen LogP contribution is -2.22. The standard InChI is InChI=1S/C13H13Cl4NO2/c1-2-10(19)18-5-3-4-6-20-13-9(15)7-8(14)11(16)12(13)17/h2,7H,1,3-6H2,(H,18,19). The van der Waals surface area contributed by atoms with E-state index >= 15 is 0 Å². The molecule has 0 atom stereocenters. The minimum atomic E-state index is -0.193. The molecule has 0 aliphatic heterocycles. The lowest BCUT2D eigenvalue weighted by Gasteiger charge is -2.12. The van der Waals surface area contributed by atoms with E-state index in [9.17, 15) is 4.79 Å². The van der Waals surface area contributed by atoms with E-state index < -0.39 is 0 Å². The number of ether oxygens (including phenoxy) is 1. The van der Waals surface area contributed by atoms with Crippen molar-refractivity contribution in [2.75, 3.05) is 13.2 Å². The molecule has 0 aliphatic rings. The van der Waals surface area contributed by atoms with Crippen LogP contribution in [0.15, 0.2) is 18.7 Å². The Hall–Kier alpha value is -0.610. The van der Waals surface area contributed by atoms with Crippen molar-refractivity contribution < 1.29 is 9.53 Å². The number of nitrogens with one attached hydrogen (secondary N) is 1. The van der Waals surface area contributed by atoms with E-state index in [1.807, 2.05) is 0 Å². The number of unbranched alkanes of at least 4 members (excludes halogenated alkanes) is 1. The average molecular weight is 357 g/mol. The minimum absolute atomic E-state index is 0.193. The van der Waals surface area contributed by atoms with Crippen LogP contribution in [0.3, 0.4) is 0 Å². The molecule has 0 spiro atoms. The van der Waals surface area contributed by atoms with Gasteiger partial charge in [-0.15, -0.1) is 0 Å². The van der Waals surface area contributed by atoms with Crippen LogP contribution < -0.4 is 10.1 Å². The molecule has 0 saturated heterocycles. The summed E-state index contributed by atoms with van der Waals surface area (Å²) in [4.78, 5) is 10.9. The van der Waals surface area contributed by atoms with Crippen LogP contribution in [-0.4, -0.2) is 19.1 Å². The van der Waals surface area contributed by atoms with Gasteiger partial charge in [-0.2, -0.15) is 0 Å². The topological polar surface area (TPSA) is 38.3 Å². The molecule has 1 rings (SSSR count). The first-order chi connectivity index (χ1) is 9.47. The van der Waals surface area contributed by atoms with Crippen LogP contribution in [0, 0.1) is 0 Å². The largest absolute Gasteiger partial charge is 0.490 e. The van der Waals surface area contributed by atoms with Crippen LogP contribution in [0.5, 0.6) is 5.75 Å². The van der Waals surface area contributed by atoms with Crippen LogP contribution >= 0.6 is 46.4 Å². The highest BCUT2D eigenvalue weighted by Crippen LogP contribution is 2.42. The number of benzene rings is 1. The Morgan fingerprint density at radius 3 is 2.55 bits per heavy atom. The Kier molecular flexibility index (Phi) is 7.52. The third kappa shape index (κ3) is 5.06. The van der Waals surface area contributed by atoms with Crippen LogP contribution in [0.1, 0.15) is 12.8 Å². The van der Waals surface area contributed by atoms with Crippen LogP contribution in [0.25, 0.3) is 0 Å². The Bertz CT molecular complexity index is 506. The number of rotatable bonds is 7. The fourth-order valence-corrected chi connectivity index (χ4v) is 2.38. The number of halogens is 4. The van der Waals surface area contributed by atoms with Crippen LogP contribution in [0.2, 0.25) is 20.1 Å². The predicted octanol–water partition coefficient (Wildman–Crippen LogP) is 4.76. The maximum atomic E-state index is 10.9. The molecular formula is C13H13Cl4NO2. The van der Waals surface area contributed by atoms with E-state index in [1.54, 1.807) is 0 Å². The molecule has 0 radical (unpaired) electrons. The van der Waals surface area contributed by atoms with Crippen molar-refractivity contribution in [3.63, 3.8) is 0 Å². The number of hydrogen-bond donors (Lipinski definition) is 1. The SMILES string of the molecule is C=CC(=O)NCCCCOc1c(Cl)cc(Cl)c(Cl)c1Cl. The molecule has 0 saturated carbocycles. The fourth-order valence-electron chi connectivity index (χ4n) is 1.37. The zero-order valence-corrected chi connectivity index (χ0v) is 13.5. The molecule has 7 heteroatoms. The number of carbonyl (C=O) groups is 1. The molecule has 0 fully saturated rings. The quantitative estimate of drug-likeness (QED) is 0.331. The molecule has 3 nitrogen and oxygen atoms in total. The Balaban J connectivity index is 2.41. The summed E-state index contributed by atoms with van der Waals surface area (Å²) in [7, 11) is 0. The van der Waals surface area contributed by atoms with Gasteiger partial charge in [-0.25, -0.2) is 0 Å². The van der Waals surface area contributed by atoms with E-state index in [2.05, 4.69) is 11.9 Å². The van der Waals surface area contributed by atoms with Crippen molar-refractivity contribution in [2.45, 2.75) is 12.8 Å². The molecule has 0 unspecified atom stereocenters. The van der Waals surface area contributed by atoms with Crippen molar-refractivity contribution in [3.05, 3.63) is 38.8 Å². The molecule has 1 aromatic rings. The van der Waals surface area contributed by atoms with Gasteiger partial charge in [-0.3, -0.25) is 4.79 Å². The van der Waals surface area contributed by atoms with Gasteiger partial charge in [0, 0.05) is 6.54 Å². The summed E-state index contributed by atoms with van der Waals surface area (Å²) in [5, 5.41) is 3.67. The maximum Gasteiger partial charge on any atom is 0.243 e. The highest BCUT2D eigenvalue weighted by molar-refractivity contribution is 6.50. The summed E-state index contributed by atoms with van der Waals surface area (Å²) < 4.78 is 5.50. The fraction of sp³-hybridized carbons (Fsp3) is 0.308. The minimum Gasteiger partial charge on any atom is -0.490 e. The molecule has 0 heterocycles. The van der Waals surface area contributed by atoms with Crippen molar-refractivity contribution >= 4 is 52.3 Å². The van der Waals surface area contributed by atoms with Gasteiger partial charge >= 0.3 is 0 Å². The van der Waals surface area contributed by atoms with Gasteiger partial charge in [0.15, 0.2) is 5.75 Å². The van der Waals surface area contributed by atoms with Gasteiger partial charge in [0.2, 0.25) is 5.91 Å². The second kappa shape index (κ2) is 8.63. The lowest BCUT2D eigenvalue weighted by atomic mass is 10.3. The van der Waals surface area contributed by atoms with Gasteiger partial charge in [0.05, 0.1) is 21.7 Å². The van der Waals surface area contributed by atoms with Crippen molar-refractivity contribution in [2.24, 2.45) is 0 Å². The molecule has 1 aromatic carbocycles. The third-order valence-corrected chi connectivity index (χ3v) is 3.90. The first kappa shape index (κ1) is 17.4. The van der Waals surface area contributed by atoms with E-state index in [0.29, 0.717) is 23.9 Å². The molecule has 0 bridgehead atoms. The number of amides is 1. The van der Waals surface area contributed by atoms with Gasteiger partial charge < -0.3 is 10.1 Å². The summed E-state index contributed by atoms with van der Waals surface area (Å²) in [6, 6.07) is 1.48. The molecule has 1 N–H and O–H groups in total. The first-order valence-electron chi connectivity index (χ1n) is 5.83. The summed E-state index contributed by atoms with van der Waals surface area (Å²) in [6.45, 7) is 4.32. The zero-order valence-electron chi connectivity index (χ0n) is 10.5. The van der Waals surface area contributed by atoms with Crippen molar-refractivity contribution in [1.29, 1.82) is 0 Å². The second-order valence-corrected chi connectivity index (χ2v) is 5.42. The lowest BCUT2D eigenvalue weighted by molar-refractivity contribution is -0.116.